The summed E-state index contributed by atoms with van der Waals surface area (Å²) in [5, 5.41) is 0. The third-order valence-corrected chi connectivity index (χ3v) is 3.08. The Hall–Kier alpha value is -0.0200. The van der Waals surface area contributed by atoms with Crippen molar-refractivity contribution in [3.8, 4) is 0 Å². The molecule has 64 valence electrons. The van der Waals surface area contributed by atoms with Crippen LogP contribution in [0.1, 0.15) is 26.2 Å². The Morgan fingerprint density at radius 3 is 2.55 bits per heavy atom. The maximum absolute atomic E-state index is 10.8. The Bertz CT molecular complexity index is 152. The molecule has 0 radical (unpaired) electrons. The van der Waals surface area contributed by atoms with Gasteiger partial charge in [-0.25, -0.2) is 0 Å². The SMILES string of the molecule is CC(=O)CC1(N)CCSCC1. The van der Waals surface area contributed by atoms with Crippen molar-refractivity contribution >= 4 is 17.5 Å². The molecule has 0 saturated carbocycles. The van der Waals surface area contributed by atoms with Gasteiger partial charge in [-0.3, -0.25) is 4.79 Å². The van der Waals surface area contributed by atoms with Crippen molar-refractivity contribution in [3.05, 3.63) is 0 Å². The van der Waals surface area contributed by atoms with E-state index in [4.69, 9.17) is 5.73 Å². The molecular weight excluding hydrogens is 158 g/mol. The molecule has 1 saturated heterocycles. The third kappa shape index (κ3) is 2.83. The minimum atomic E-state index is -0.170. The van der Waals surface area contributed by atoms with Crippen LogP contribution in [0.3, 0.4) is 0 Å². The van der Waals surface area contributed by atoms with Crippen molar-refractivity contribution in [1.82, 2.24) is 0 Å². The first-order valence-electron chi connectivity index (χ1n) is 3.98. The molecule has 1 fully saturated rings. The van der Waals surface area contributed by atoms with Gasteiger partial charge in [0, 0.05) is 12.0 Å². The van der Waals surface area contributed by atoms with Crippen LogP contribution >= 0.6 is 11.8 Å². The summed E-state index contributed by atoms with van der Waals surface area (Å²) < 4.78 is 0. The summed E-state index contributed by atoms with van der Waals surface area (Å²) in [7, 11) is 0. The van der Waals surface area contributed by atoms with Crippen molar-refractivity contribution < 1.29 is 4.79 Å². The number of thioether (sulfide) groups is 1. The van der Waals surface area contributed by atoms with Gasteiger partial charge in [0.1, 0.15) is 5.78 Å². The molecule has 0 bridgehead atoms. The highest BCUT2D eigenvalue weighted by atomic mass is 32.2. The largest absolute Gasteiger partial charge is 0.325 e. The number of Topliss-reactive ketones (excluding diaryl/α,β-unsaturated/α-hetero) is 1. The van der Waals surface area contributed by atoms with Gasteiger partial charge < -0.3 is 5.73 Å². The molecule has 0 atom stereocenters. The van der Waals surface area contributed by atoms with Crippen molar-refractivity contribution in [2.75, 3.05) is 11.5 Å². The predicted molar refractivity (Wildman–Crippen MR) is 48.8 cm³/mol. The number of ketones is 1. The molecule has 0 amide bonds. The lowest BCUT2D eigenvalue weighted by Gasteiger charge is -2.32. The molecule has 2 nitrogen and oxygen atoms in total. The number of rotatable bonds is 2. The molecule has 1 heterocycles. The summed E-state index contributed by atoms with van der Waals surface area (Å²) in [4.78, 5) is 10.8. The second-order valence-electron chi connectivity index (χ2n) is 3.35. The molecule has 0 aromatic rings. The molecule has 0 spiro atoms. The second kappa shape index (κ2) is 3.59. The fourth-order valence-corrected chi connectivity index (χ4v) is 2.76. The smallest absolute Gasteiger partial charge is 0.131 e. The first-order chi connectivity index (χ1) is 5.12. The lowest BCUT2D eigenvalue weighted by Crippen LogP contribution is -2.44. The summed E-state index contributed by atoms with van der Waals surface area (Å²) in [5.41, 5.74) is 5.86. The number of hydrogen-bond donors (Lipinski definition) is 1. The van der Waals surface area contributed by atoms with Gasteiger partial charge in [0.2, 0.25) is 0 Å². The van der Waals surface area contributed by atoms with E-state index in [1.165, 1.54) is 0 Å². The molecule has 0 aromatic heterocycles. The van der Waals surface area contributed by atoms with Crippen LogP contribution < -0.4 is 5.73 Å². The van der Waals surface area contributed by atoms with Gasteiger partial charge in [-0.1, -0.05) is 0 Å². The van der Waals surface area contributed by atoms with Crippen LogP contribution in [0.4, 0.5) is 0 Å². The van der Waals surface area contributed by atoms with E-state index >= 15 is 0 Å². The molecule has 3 heteroatoms. The third-order valence-electron chi connectivity index (χ3n) is 2.09. The molecule has 1 aliphatic heterocycles. The van der Waals surface area contributed by atoms with Crippen molar-refractivity contribution in [2.45, 2.75) is 31.7 Å². The molecule has 11 heavy (non-hydrogen) atoms. The molecule has 2 N–H and O–H groups in total. The highest BCUT2D eigenvalue weighted by Crippen LogP contribution is 2.27. The Kier molecular flexibility index (Phi) is 2.96. The maximum Gasteiger partial charge on any atom is 0.131 e. The van der Waals surface area contributed by atoms with Gasteiger partial charge in [-0.05, 0) is 31.3 Å². The van der Waals surface area contributed by atoms with Crippen LogP contribution in [0, 0.1) is 0 Å². The van der Waals surface area contributed by atoms with Crippen LogP contribution in [0.15, 0.2) is 0 Å². The topological polar surface area (TPSA) is 43.1 Å². The first kappa shape index (κ1) is 9.07. The minimum Gasteiger partial charge on any atom is -0.325 e. The van der Waals surface area contributed by atoms with Gasteiger partial charge in [0.05, 0.1) is 0 Å². The average molecular weight is 173 g/mol. The lowest BCUT2D eigenvalue weighted by molar-refractivity contribution is -0.118. The van der Waals surface area contributed by atoms with Crippen molar-refractivity contribution in [3.63, 3.8) is 0 Å². The molecule has 1 aliphatic rings. The maximum atomic E-state index is 10.8. The Morgan fingerprint density at radius 2 is 2.09 bits per heavy atom. The number of carbonyl (C=O) groups is 1. The molecular formula is C8H15NOS. The fraction of sp³-hybridized carbons (Fsp3) is 0.875. The van der Waals surface area contributed by atoms with Crippen molar-refractivity contribution in [1.29, 1.82) is 0 Å². The number of nitrogens with two attached hydrogens (primary N) is 1. The van der Waals surface area contributed by atoms with Crippen LogP contribution in [0.25, 0.3) is 0 Å². The highest BCUT2D eigenvalue weighted by Gasteiger charge is 2.28. The predicted octanol–water partition coefficient (Wildman–Crippen LogP) is 1.19. The van der Waals surface area contributed by atoms with Crippen LogP contribution in [0.2, 0.25) is 0 Å². The number of hydrogen-bond acceptors (Lipinski definition) is 3. The van der Waals surface area contributed by atoms with E-state index < -0.39 is 0 Å². The second-order valence-corrected chi connectivity index (χ2v) is 4.58. The Balaban J connectivity index is 2.43. The average Bonchev–Trinajstić information content (AvgIpc) is 1.85. The van der Waals surface area contributed by atoms with Gasteiger partial charge in [0.25, 0.3) is 0 Å². The molecule has 0 aromatic carbocycles. The Morgan fingerprint density at radius 1 is 1.55 bits per heavy atom. The monoisotopic (exact) mass is 173 g/mol. The zero-order valence-electron chi connectivity index (χ0n) is 6.93. The van der Waals surface area contributed by atoms with Gasteiger partial charge in [-0.15, -0.1) is 0 Å². The molecule has 0 aliphatic carbocycles. The first-order valence-corrected chi connectivity index (χ1v) is 5.14. The molecule has 1 rings (SSSR count). The van der Waals surface area contributed by atoms with Crippen LogP contribution in [0.5, 0.6) is 0 Å². The van der Waals surface area contributed by atoms with E-state index in [0.717, 1.165) is 24.3 Å². The van der Waals surface area contributed by atoms with E-state index in [9.17, 15) is 4.79 Å². The quantitative estimate of drug-likeness (QED) is 0.682. The zero-order valence-corrected chi connectivity index (χ0v) is 7.75. The summed E-state index contributed by atoms with van der Waals surface area (Å²) in [6, 6.07) is 0. The van der Waals surface area contributed by atoms with E-state index in [1.54, 1.807) is 6.92 Å². The number of carbonyl (C=O) groups excluding carboxylic acids is 1. The summed E-state index contributed by atoms with van der Waals surface area (Å²) >= 11 is 1.93. The normalized spacial score (nSPS) is 23.1. The highest BCUT2D eigenvalue weighted by molar-refractivity contribution is 7.99. The van der Waals surface area contributed by atoms with Gasteiger partial charge >= 0.3 is 0 Å². The fourth-order valence-electron chi connectivity index (χ4n) is 1.45. The minimum absolute atomic E-state index is 0.170. The zero-order chi connectivity index (χ0) is 8.32. The summed E-state index contributed by atoms with van der Waals surface area (Å²) in [6.07, 6.45) is 2.56. The van der Waals surface area contributed by atoms with E-state index in [0.29, 0.717) is 6.42 Å². The van der Waals surface area contributed by atoms with Gasteiger partial charge in [0.15, 0.2) is 0 Å². The van der Waals surface area contributed by atoms with Crippen LogP contribution in [-0.2, 0) is 4.79 Å². The summed E-state index contributed by atoms with van der Waals surface area (Å²) in [6.45, 7) is 1.62. The van der Waals surface area contributed by atoms with Crippen molar-refractivity contribution in [2.24, 2.45) is 5.73 Å². The lowest BCUT2D eigenvalue weighted by atomic mass is 9.88. The molecule has 0 unspecified atom stereocenters. The van der Waals surface area contributed by atoms with E-state index in [1.807, 2.05) is 11.8 Å². The van der Waals surface area contributed by atoms with E-state index in [-0.39, 0.29) is 11.3 Å². The summed E-state index contributed by atoms with van der Waals surface area (Å²) in [5.74, 6) is 2.45. The van der Waals surface area contributed by atoms with Gasteiger partial charge in [-0.2, -0.15) is 11.8 Å². The Labute approximate surface area is 71.9 Å². The van der Waals surface area contributed by atoms with Crippen LogP contribution in [-0.4, -0.2) is 22.8 Å². The van der Waals surface area contributed by atoms with E-state index in [2.05, 4.69) is 0 Å². The standard InChI is InChI=1S/C8H15NOS/c1-7(10)6-8(9)2-4-11-5-3-8/h2-6,9H2,1H3.